The van der Waals surface area contributed by atoms with Crippen molar-refractivity contribution >= 4 is 0 Å². The average molecular weight is 256 g/mol. The number of hydrogen-bond donors (Lipinski definition) is 2. The zero-order chi connectivity index (χ0) is 13.4. The number of aromatic nitrogens is 4. The monoisotopic (exact) mass is 256 g/mol. The summed E-state index contributed by atoms with van der Waals surface area (Å²) >= 11 is 0. The van der Waals surface area contributed by atoms with Crippen molar-refractivity contribution in [2.75, 3.05) is 0 Å². The van der Waals surface area contributed by atoms with Crippen molar-refractivity contribution in [3.8, 4) is 0 Å². The molecule has 0 unspecified atom stereocenters. The standard InChI is InChI=1S/2C5H8N2O2/c2*1-2-3-4-6-5(8)9-7-4/h2*2-3H2,1H3,(H,6,7,8). The summed E-state index contributed by atoms with van der Waals surface area (Å²) in [6.45, 7) is 4.01. The van der Waals surface area contributed by atoms with E-state index in [1.165, 1.54) is 0 Å². The van der Waals surface area contributed by atoms with Gasteiger partial charge in [0.05, 0.1) is 0 Å². The van der Waals surface area contributed by atoms with Crippen LogP contribution in [0.5, 0.6) is 0 Å². The molecule has 0 aliphatic rings. The normalized spacial score (nSPS) is 9.89. The van der Waals surface area contributed by atoms with Crippen LogP contribution in [0.2, 0.25) is 0 Å². The van der Waals surface area contributed by atoms with Crippen LogP contribution in [0.3, 0.4) is 0 Å². The highest BCUT2D eigenvalue weighted by Crippen LogP contribution is 1.89. The van der Waals surface area contributed by atoms with E-state index in [4.69, 9.17) is 0 Å². The maximum Gasteiger partial charge on any atom is 0.438 e. The fraction of sp³-hybridized carbons (Fsp3) is 0.600. The summed E-state index contributed by atoms with van der Waals surface area (Å²) in [6.07, 6.45) is 3.46. The fourth-order valence-electron chi connectivity index (χ4n) is 1.21. The van der Waals surface area contributed by atoms with E-state index in [9.17, 15) is 9.59 Å². The number of rotatable bonds is 4. The van der Waals surface area contributed by atoms with Gasteiger partial charge in [0.25, 0.3) is 0 Å². The van der Waals surface area contributed by atoms with Gasteiger partial charge in [0.15, 0.2) is 11.6 Å². The number of nitrogens with one attached hydrogen (secondary N) is 2. The molecule has 0 aliphatic carbocycles. The van der Waals surface area contributed by atoms with E-state index in [0.717, 1.165) is 25.7 Å². The minimum atomic E-state index is -0.474. The van der Waals surface area contributed by atoms with Crippen LogP contribution in [0, 0.1) is 0 Å². The maximum absolute atomic E-state index is 10.3. The first-order valence-electron chi connectivity index (χ1n) is 5.75. The lowest BCUT2D eigenvalue weighted by molar-refractivity contribution is 0.381. The third kappa shape index (κ3) is 4.81. The Morgan fingerprint density at radius 1 is 0.889 bits per heavy atom. The first-order chi connectivity index (χ1) is 8.65. The van der Waals surface area contributed by atoms with Gasteiger partial charge in [-0.3, -0.25) is 19.0 Å². The van der Waals surface area contributed by atoms with Gasteiger partial charge in [-0.1, -0.05) is 24.2 Å². The molecule has 18 heavy (non-hydrogen) atoms. The summed E-state index contributed by atoms with van der Waals surface area (Å²) in [7, 11) is 0. The number of H-pyrrole nitrogens is 2. The zero-order valence-corrected chi connectivity index (χ0v) is 10.4. The van der Waals surface area contributed by atoms with Crippen molar-refractivity contribution in [3.63, 3.8) is 0 Å². The highest BCUT2D eigenvalue weighted by atomic mass is 16.5. The molecule has 0 amide bonds. The third-order valence-corrected chi connectivity index (χ3v) is 1.94. The largest absolute Gasteiger partial charge is 0.438 e. The Morgan fingerprint density at radius 3 is 1.50 bits per heavy atom. The Bertz CT molecular complexity index is 500. The summed E-state index contributed by atoms with van der Waals surface area (Å²) in [5.74, 6) is 0.307. The van der Waals surface area contributed by atoms with Crippen molar-refractivity contribution in [2.24, 2.45) is 0 Å². The lowest BCUT2D eigenvalue weighted by Crippen LogP contribution is -1.96. The van der Waals surface area contributed by atoms with Crippen molar-refractivity contribution in [2.45, 2.75) is 39.5 Å². The van der Waals surface area contributed by atoms with Crippen LogP contribution in [0.15, 0.2) is 18.6 Å². The molecule has 8 heteroatoms. The van der Waals surface area contributed by atoms with Gasteiger partial charge in [0, 0.05) is 12.8 Å². The Morgan fingerprint density at radius 2 is 1.28 bits per heavy atom. The van der Waals surface area contributed by atoms with Gasteiger partial charge < -0.3 is 0 Å². The average Bonchev–Trinajstić information content (AvgIpc) is 2.90. The van der Waals surface area contributed by atoms with Crippen molar-refractivity contribution in [1.82, 2.24) is 20.3 Å². The molecule has 0 atom stereocenters. The summed E-state index contributed by atoms with van der Waals surface area (Å²) in [4.78, 5) is 25.4. The highest BCUT2D eigenvalue weighted by Gasteiger charge is 1.96. The molecule has 2 N–H and O–H groups in total. The third-order valence-electron chi connectivity index (χ3n) is 1.94. The van der Waals surface area contributed by atoms with Crippen molar-refractivity contribution < 1.29 is 9.05 Å². The number of aryl methyl sites for hydroxylation is 2. The van der Waals surface area contributed by atoms with Gasteiger partial charge in [-0.15, -0.1) is 0 Å². The molecule has 2 heterocycles. The number of hydrogen-bond acceptors (Lipinski definition) is 6. The molecule has 0 bridgehead atoms. The Labute approximate surface area is 102 Å². The molecule has 0 radical (unpaired) electrons. The minimum absolute atomic E-state index is 0.474. The Hall–Kier alpha value is -2.12. The van der Waals surface area contributed by atoms with Crippen LogP contribution in [-0.4, -0.2) is 20.3 Å². The van der Waals surface area contributed by atoms with E-state index >= 15 is 0 Å². The fourth-order valence-corrected chi connectivity index (χ4v) is 1.21. The van der Waals surface area contributed by atoms with E-state index in [-0.39, 0.29) is 0 Å². The van der Waals surface area contributed by atoms with Crippen LogP contribution < -0.4 is 11.5 Å². The predicted octanol–water partition coefficient (Wildman–Crippen LogP) is 0.631. The first-order valence-corrected chi connectivity index (χ1v) is 5.75. The molecular weight excluding hydrogens is 240 g/mol. The van der Waals surface area contributed by atoms with Crippen LogP contribution in [0.25, 0.3) is 0 Å². The summed E-state index contributed by atoms with van der Waals surface area (Å²) in [5.41, 5.74) is 0. The molecular formula is C10H16N4O4. The van der Waals surface area contributed by atoms with E-state index < -0.39 is 11.5 Å². The van der Waals surface area contributed by atoms with Gasteiger partial charge in [-0.25, -0.2) is 9.59 Å². The van der Waals surface area contributed by atoms with Gasteiger partial charge in [-0.05, 0) is 12.8 Å². The second-order valence-electron chi connectivity index (χ2n) is 3.58. The minimum Gasteiger partial charge on any atom is -0.296 e. The van der Waals surface area contributed by atoms with Crippen LogP contribution in [0.1, 0.15) is 38.3 Å². The number of nitrogens with zero attached hydrogens (tertiary/aromatic N) is 2. The van der Waals surface area contributed by atoms with Crippen LogP contribution >= 0.6 is 0 Å². The topological polar surface area (TPSA) is 118 Å². The summed E-state index contributed by atoms with van der Waals surface area (Å²) < 4.78 is 8.51. The molecule has 100 valence electrons. The summed E-state index contributed by atoms with van der Waals surface area (Å²) in [5, 5.41) is 6.92. The molecule has 0 aromatic carbocycles. The smallest absolute Gasteiger partial charge is 0.296 e. The van der Waals surface area contributed by atoms with E-state index in [2.05, 4.69) is 29.3 Å². The van der Waals surface area contributed by atoms with Crippen LogP contribution in [-0.2, 0) is 12.8 Å². The van der Waals surface area contributed by atoms with Gasteiger partial charge in [0.1, 0.15) is 0 Å². The molecule has 2 aromatic heterocycles. The molecule has 0 saturated carbocycles. The lowest BCUT2D eigenvalue weighted by Gasteiger charge is -1.82. The summed E-state index contributed by atoms with van der Waals surface area (Å²) in [6, 6.07) is 0. The molecule has 0 saturated heterocycles. The van der Waals surface area contributed by atoms with Crippen molar-refractivity contribution in [1.29, 1.82) is 0 Å². The predicted molar refractivity (Wildman–Crippen MR) is 62.2 cm³/mol. The zero-order valence-electron chi connectivity index (χ0n) is 10.4. The van der Waals surface area contributed by atoms with Gasteiger partial charge >= 0.3 is 11.5 Å². The molecule has 0 fully saturated rings. The van der Waals surface area contributed by atoms with Gasteiger partial charge in [0.2, 0.25) is 0 Å². The molecule has 0 spiro atoms. The lowest BCUT2D eigenvalue weighted by atomic mass is 10.3. The molecule has 2 rings (SSSR count). The SMILES string of the molecule is CCCc1noc(=O)[nH]1.CCCc1noc(=O)[nH]1. The quantitative estimate of drug-likeness (QED) is 0.828. The van der Waals surface area contributed by atoms with Gasteiger partial charge in [-0.2, -0.15) is 0 Å². The highest BCUT2D eigenvalue weighted by molar-refractivity contribution is 4.77. The van der Waals surface area contributed by atoms with E-state index in [1.54, 1.807) is 0 Å². The van der Waals surface area contributed by atoms with Crippen LogP contribution in [0.4, 0.5) is 0 Å². The molecule has 0 aliphatic heterocycles. The second-order valence-corrected chi connectivity index (χ2v) is 3.58. The first kappa shape index (κ1) is 13.9. The number of aromatic amines is 2. The van der Waals surface area contributed by atoms with E-state index in [1.807, 2.05) is 13.8 Å². The van der Waals surface area contributed by atoms with E-state index in [0.29, 0.717) is 11.6 Å². The Balaban J connectivity index is 0.000000180. The molecule has 8 nitrogen and oxygen atoms in total. The Kier molecular flexibility index (Phi) is 5.62. The van der Waals surface area contributed by atoms with Crippen molar-refractivity contribution in [3.05, 3.63) is 32.8 Å². The maximum atomic E-state index is 10.3. The second kappa shape index (κ2) is 7.25. The molecule has 2 aromatic rings.